The smallest absolute Gasteiger partial charge is 0.330 e. The molecule has 0 saturated carbocycles. The van der Waals surface area contributed by atoms with Crippen molar-refractivity contribution in [2.75, 3.05) is 13.7 Å². The Morgan fingerprint density at radius 3 is 2.86 bits per heavy atom. The largest absolute Gasteiger partial charge is 0.469 e. The molecule has 8 nitrogen and oxygen atoms in total. The van der Waals surface area contributed by atoms with Crippen LogP contribution in [0.1, 0.15) is 25.1 Å². The average molecular weight is 298 g/mol. The second-order valence-electron chi connectivity index (χ2n) is 5.35. The van der Waals surface area contributed by atoms with Gasteiger partial charge in [0.1, 0.15) is 6.23 Å². The number of hydrogen-bond acceptors (Lipinski definition) is 6. The van der Waals surface area contributed by atoms with Crippen LogP contribution in [0.2, 0.25) is 0 Å². The molecule has 3 atom stereocenters. The maximum atomic E-state index is 11.9. The minimum absolute atomic E-state index is 0.163. The first kappa shape index (κ1) is 15.5. The van der Waals surface area contributed by atoms with Gasteiger partial charge in [-0.15, -0.1) is 0 Å². The van der Waals surface area contributed by atoms with Crippen LogP contribution in [-0.2, 0) is 14.3 Å². The molecular weight excluding hydrogens is 280 g/mol. The monoisotopic (exact) mass is 298 g/mol. The van der Waals surface area contributed by atoms with E-state index in [1.165, 1.54) is 17.9 Å². The van der Waals surface area contributed by atoms with E-state index in [4.69, 9.17) is 9.47 Å². The van der Waals surface area contributed by atoms with Crippen LogP contribution in [0.3, 0.4) is 0 Å². The van der Waals surface area contributed by atoms with Crippen LogP contribution in [0.4, 0.5) is 0 Å². The maximum absolute atomic E-state index is 11.9. The third kappa shape index (κ3) is 2.52. The Bertz CT molecular complexity index is 663. The summed E-state index contributed by atoms with van der Waals surface area (Å²) in [5.41, 5.74) is -1.80. The summed E-state index contributed by atoms with van der Waals surface area (Å²) in [5, 5.41) is 9.40. The van der Waals surface area contributed by atoms with Gasteiger partial charge in [0.05, 0.1) is 25.2 Å². The summed E-state index contributed by atoms with van der Waals surface area (Å²) in [6.07, 6.45) is 0.00271. The summed E-state index contributed by atoms with van der Waals surface area (Å²) in [6, 6.07) is 0. The number of H-pyrrole nitrogens is 1. The van der Waals surface area contributed by atoms with E-state index in [0.717, 1.165) is 0 Å². The van der Waals surface area contributed by atoms with E-state index in [0.29, 0.717) is 5.56 Å². The number of nitrogens with zero attached hydrogens (tertiary/aromatic N) is 1. The number of aliphatic hydroxyl groups is 1. The number of aromatic nitrogens is 2. The van der Waals surface area contributed by atoms with Gasteiger partial charge in [0, 0.05) is 18.2 Å². The number of rotatable bonds is 3. The summed E-state index contributed by atoms with van der Waals surface area (Å²) in [7, 11) is 1.26. The van der Waals surface area contributed by atoms with Crippen LogP contribution >= 0.6 is 0 Å². The highest BCUT2D eigenvalue weighted by Gasteiger charge is 2.52. The van der Waals surface area contributed by atoms with Gasteiger partial charge in [0.25, 0.3) is 5.56 Å². The number of aliphatic hydroxyl groups excluding tert-OH is 1. The molecule has 0 bridgehead atoms. The van der Waals surface area contributed by atoms with E-state index in [1.54, 1.807) is 13.8 Å². The number of nitrogens with one attached hydrogen (secondary N) is 1. The summed E-state index contributed by atoms with van der Waals surface area (Å²) >= 11 is 0. The number of methoxy groups -OCH3 is 1. The molecule has 2 rings (SSSR count). The van der Waals surface area contributed by atoms with Gasteiger partial charge in [0.2, 0.25) is 0 Å². The average Bonchev–Trinajstić information content (AvgIpc) is 2.80. The molecule has 1 aliphatic heterocycles. The van der Waals surface area contributed by atoms with Crippen LogP contribution in [-0.4, -0.2) is 40.4 Å². The number of hydrogen-bond donors (Lipinski definition) is 2. The van der Waals surface area contributed by atoms with Gasteiger partial charge in [-0.2, -0.15) is 0 Å². The third-order valence-electron chi connectivity index (χ3n) is 3.90. The predicted molar refractivity (Wildman–Crippen MR) is 71.8 cm³/mol. The molecule has 1 unspecified atom stereocenters. The lowest BCUT2D eigenvalue weighted by Crippen LogP contribution is -2.39. The van der Waals surface area contributed by atoms with Crippen molar-refractivity contribution in [3.8, 4) is 0 Å². The predicted octanol–water partition coefficient (Wildman–Crippen LogP) is -0.696. The highest BCUT2D eigenvalue weighted by molar-refractivity contribution is 5.77. The quantitative estimate of drug-likeness (QED) is 0.714. The number of ether oxygens (including phenoxy) is 2. The Hall–Kier alpha value is -1.93. The Morgan fingerprint density at radius 1 is 1.62 bits per heavy atom. The first-order valence-corrected chi connectivity index (χ1v) is 6.50. The van der Waals surface area contributed by atoms with E-state index >= 15 is 0 Å². The van der Waals surface area contributed by atoms with Crippen LogP contribution in [0.25, 0.3) is 0 Å². The van der Waals surface area contributed by atoms with Crippen molar-refractivity contribution in [2.24, 2.45) is 5.41 Å². The van der Waals surface area contributed by atoms with Gasteiger partial charge in [-0.3, -0.25) is 19.1 Å². The zero-order valence-electron chi connectivity index (χ0n) is 12.1. The summed E-state index contributed by atoms with van der Waals surface area (Å²) < 4.78 is 11.6. The lowest BCUT2D eigenvalue weighted by Gasteiger charge is -2.24. The SMILES string of the molecule is COC(=O)[C@]1(C)C[C@@H](n2cc(C)c(=O)[nH]c2=O)OC1CO. The molecule has 1 aromatic heterocycles. The standard InChI is InChI=1S/C13H18N2O6/c1-7-5-15(12(19)14-10(7)17)9-4-13(2,11(18)20-3)8(6-16)21-9/h5,8-9,16H,4,6H2,1-3H3,(H,14,17,19)/t8?,9-,13+/m0/s1. The van der Waals surface area contributed by atoms with Crippen molar-refractivity contribution in [1.29, 1.82) is 0 Å². The number of aryl methyl sites for hydroxylation is 1. The minimum atomic E-state index is -1.06. The molecule has 0 aromatic carbocycles. The van der Waals surface area contributed by atoms with E-state index in [1.807, 2.05) is 0 Å². The molecule has 21 heavy (non-hydrogen) atoms. The van der Waals surface area contributed by atoms with Gasteiger partial charge < -0.3 is 14.6 Å². The number of esters is 1. The van der Waals surface area contributed by atoms with Gasteiger partial charge in [0.15, 0.2) is 0 Å². The Labute approximate surface area is 120 Å². The highest BCUT2D eigenvalue weighted by Crippen LogP contribution is 2.43. The molecule has 1 aliphatic rings. The lowest BCUT2D eigenvalue weighted by molar-refractivity contribution is -0.156. The molecule has 0 amide bonds. The van der Waals surface area contributed by atoms with Crippen LogP contribution in [0, 0.1) is 12.3 Å². The first-order chi connectivity index (χ1) is 9.83. The molecule has 0 radical (unpaired) electrons. The summed E-state index contributed by atoms with van der Waals surface area (Å²) in [6.45, 7) is 2.80. The van der Waals surface area contributed by atoms with Gasteiger partial charge in [-0.25, -0.2) is 4.79 Å². The fourth-order valence-corrected chi connectivity index (χ4v) is 2.54. The molecule has 1 saturated heterocycles. The van der Waals surface area contributed by atoms with E-state index < -0.39 is 35.0 Å². The molecule has 8 heteroatoms. The molecule has 0 aliphatic carbocycles. The topological polar surface area (TPSA) is 111 Å². The van der Waals surface area contributed by atoms with Crippen molar-refractivity contribution in [2.45, 2.75) is 32.6 Å². The van der Waals surface area contributed by atoms with E-state index in [9.17, 15) is 19.5 Å². The Morgan fingerprint density at radius 2 is 2.29 bits per heavy atom. The molecular formula is C13H18N2O6. The fraction of sp³-hybridized carbons (Fsp3) is 0.615. The summed E-state index contributed by atoms with van der Waals surface area (Å²) in [5.74, 6) is -0.516. The zero-order chi connectivity index (χ0) is 15.8. The van der Waals surface area contributed by atoms with Gasteiger partial charge in [-0.1, -0.05) is 0 Å². The second-order valence-corrected chi connectivity index (χ2v) is 5.35. The van der Waals surface area contributed by atoms with Crippen molar-refractivity contribution in [3.05, 3.63) is 32.6 Å². The number of carbonyl (C=O) groups excluding carboxylic acids is 1. The first-order valence-electron chi connectivity index (χ1n) is 6.50. The third-order valence-corrected chi connectivity index (χ3v) is 3.90. The fourth-order valence-electron chi connectivity index (χ4n) is 2.54. The van der Waals surface area contributed by atoms with E-state index in [-0.39, 0.29) is 13.0 Å². The minimum Gasteiger partial charge on any atom is -0.469 e. The Balaban J connectivity index is 2.41. The zero-order valence-corrected chi connectivity index (χ0v) is 12.1. The summed E-state index contributed by atoms with van der Waals surface area (Å²) in [4.78, 5) is 37.4. The van der Waals surface area contributed by atoms with Crippen molar-refractivity contribution in [3.63, 3.8) is 0 Å². The van der Waals surface area contributed by atoms with Crippen molar-refractivity contribution >= 4 is 5.97 Å². The number of carbonyl (C=O) groups is 1. The molecule has 2 heterocycles. The number of aromatic amines is 1. The molecule has 1 fully saturated rings. The van der Waals surface area contributed by atoms with Crippen molar-refractivity contribution < 1.29 is 19.4 Å². The van der Waals surface area contributed by atoms with Gasteiger partial charge in [-0.05, 0) is 13.8 Å². The molecule has 2 N–H and O–H groups in total. The molecule has 0 spiro atoms. The van der Waals surface area contributed by atoms with Crippen molar-refractivity contribution in [1.82, 2.24) is 9.55 Å². The lowest BCUT2D eigenvalue weighted by atomic mass is 9.83. The van der Waals surface area contributed by atoms with Crippen LogP contribution in [0.5, 0.6) is 0 Å². The highest BCUT2D eigenvalue weighted by atomic mass is 16.5. The normalized spacial score (nSPS) is 28.6. The van der Waals surface area contributed by atoms with E-state index in [2.05, 4.69) is 4.98 Å². The molecule has 1 aromatic rings. The van der Waals surface area contributed by atoms with Crippen LogP contribution in [0.15, 0.2) is 15.8 Å². The second kappa shape index (κ2) is 5.45. The maximum Gasteiger partial charge on any atom is 0.330 e. The van der Waals surface area contributed by atoms with Crippen LogP contribution < -0.4 is 11.2 Å². The Kier molecular flexibility index (Phi) is 4.02. The van der Waals surface area contributed by atoms with Gasteiger partial charge >= 0.3 is 11.7 Å². The molecule has 116 valence electrons.